The molecule has 0 aromatic heterocycles. The van der Waals surface area contributed by atoms with Crippen molar-refractivity contribution < 1.29 is 19.1 Å². The molecule has 1 heterocycles. The lowest BCUT2D eigenvalue weighted by atomic mass is 9.94. The Bertz CT molecular complexity index is 1030. The number of carbonyl (C=O) groups excluding carboxylic acids is 2. The molecule has 1 N–H and O–H groups in total. The van der Waals surface area contributed by atoms with E-state index in [1.165, 1.54) is 10.5 Å². The van der Waals surface area contributed by atoms with Gasteiger partial charge in [-0.25, -0.2) is 9.59 Å². The van der Waals surface area contributed by atoms with E-state index in [9.17, 15) is 9.59 Å². The van der Waals surface area contributed by atoms with Crippen molar-refractivity contribution in [2.45, 2.75) is 32.7 Å². The Balaban J connectivity index is 2.02. The molecule has 1 unspecified atom stereocenters. The van der Waals surface area contributed by atoms with Crippen LogP contribution in [0.5, 0.6) is 5.75 Å². The molecular formula is C24H26Cl2N2O4. The highest BCUT2D eigenvalue weighted by Gasteiger charge is 2.38. The number of amides is 2. The molecule has 2 aromatic carbocycles. The Morgan fingerprint density at radius 1 is 1.16 bits per heavy atom. The van der Waals surface area contributed by atoms with Crippen LogP contribution in [0.25, 0.3) is 0 Å². The van der Waals surface area contributed by atoms with Gasteiger partial charge in [-0.15, -0.1) is 0 Å². The van der Waals surface area contributed by atoms with Gasteiger partial charge in [-0.05, 0) is 42.2 Å². The van der Waals surface area contributed by atoms with Crippen molar-refractivity contribution in [2.75, 3.05) is 20.3 Å². The summed E-state index contributed by atoms with van der Waals surface area (Å²) in [5.41, 5.74) is 2.33. The molecule has 2 amide bonds. The molecule has 0 bridgehead atoms. The van der Waals surface area contributed by atoms with Gasteiger partial charge in [0.05, 0.1) is 34.0 Å². The van der Waals surface area contributed by atoms with Crippen LogP contribution in [0, 0.1) is 0 Å². The number of rotatable bonds is 7. The molecule has 0 saturated heterocycles. The molecular weight excluding hydrogens is 451 g/mol. The summed E-state index contributed by atoms with van der Waals surface area (Å²) in [4.78, 5) is 27.1. The molecule has 1 aliphatic rings. The zero-order chi connectivity index (χ0) is 23.4. The van der Waals surface area contributed by atoms with Gasteiger partial charge in [-0.2, -0.15) is 0 Å². The van der Waals surface area contributed by atoms with Crippen molar-refractivity contribution in [2.24, 2.45) is 0 Å². The lowest BCUT2D eigenvalue weighted by Crippen LogP contribution is -2.48. The number of urea groups is 1. The summed E-state index contributed by atoms with van der Waals surface area (Å²) >= 11 is 12.6. The Hall–Kier alpha value is -2.70. The summed E-state index contributed by atoms with van der Waals surface area (Å²) in [6.07, 6.45) is 0. The van der Waals surface area contributed by atoms with Crippen molar-refractivity contribution >= 4 is 35.2 Å². The Morgan fingerprint density at radius 3 is 2.47 bits per heavy atom. The first-order valence-electron chi connectivity index (χ1n) is 10.4. The number of ether oxygens (including phenoxy) is 2. The number of benzene rings is 2. The van der Waals surface area contributed by atoms with Gasteiger partial charge in [0.2, 0.25) is 0 Å². The largest absolute Gasteiger partial charge is 0.487 e. The van der Waals surface area contributed by atoms with Crippen molar-refractivity contribution in [1.82, 2.24) is 10.2 Å². The molecule has 0 fully saturated rings. The van der Waals surface area contributed by atoms with Crippen molar-refractivity contribution in [3.63, 3.8) is 0 Å². The number of esters is 1. The number of nitrogens with zero attached hydrogens (tertiary/aromatic N) is 1. The Labute approximate surface area is 198 Å². The second-order valence-electron chi connectivity index (χ2n) is 7.68. The minimum atomic E-state index is -0.828. The van der Waals surface area contributed by atoms with Crippen LogP contribution >= 0.6 is 23.2 Å². The van der Waals surface area contributed by atoms with Gasteiger partial charge in [0.1, 0.15) is 12.4 Å². The summed E-state index contributed by atoms with van der Waals surface area (Å²) in [6, 6.07) is 11.6. The lowest BCUT2D eigenvalue weighted by molar-refractivity contribution is -0.139. The van der Waals surface area contributed by atoms with E-state index in [2.05, 4.69) is 19.2 Å². The molecule has 32 heavy (non-hydrogen) atoms. The fourth-order valence-corrected chi connectivity index (χ4v) is 3.88. The smallest absolute Gasteiger partial charge is 0.338 e. The third-order valence-electron chi connectivity index (χ3n) is 5.29. The summed E-state index contributed by atoms with van der Waals surface area (Å²) in [7, 11) is 1.57. The van der Waals surface area contributed by atoms with Crippen molar-refractivity contribution in [3.8, 4) is 5.75 Å². The van der Waals surface area contributed by atoms with E-state index >= 15 is 0 Å². The van der Waals surface area contributed by atoms with Gasteiger partial charge in [-0.1, -0.05) is 61.3 Å². The molecule has 1 atom stereocenters. The van der Waals surface area contributed by atoms with E-state index in [0.717, 1.165) is 0 Å². The monoisotopic (exact) mass is 476 g/mol. The first-order valence-corrected chi connectivity index (χ1v) is 11.1. The zero-order valence-electron chi connectivity index (χ0n) is 18.4. The molecule has 6 nitrogen and oxygen atoms in total. The van der Waals surface area contributed by atoms with Gasteiger partial charge in [0.15, 0.2) is 0 Å². The molecule has 0 spiro atoms. The number of nitrogens with one attached hydrogen (secondary N) is 1. The highest BCUT2D eigenvalue weighted by atomic mass is 35.5. The Morgan fingerprint density at radius 2 is 1.84 bits per heavy atom. The van der Waals surface area contributed by atoms with Crippen LogP contribution in [0.3, 0.4) is 0 Å². The maximum absolute atomic E-state index is 13.0. The topological polar surface area (TPSA) is 67.9 Å². The normalized spacial score (nSPS) is 16.3. The van der Waals surface area contributed by atoms with Gasteiger partial charge < -0.3 is 14.8 Å². The van der Waals surface area contributed by atoms with Crippen molar-refractivity contribution in [3.05, 3.63) is 74.9 Å². The molecule has 0 aliphatic carbocycles. The van der Waals surface area contributed by atoms with Crippen LogP contribution in [0.1, 0.15) is 43.9 Å². The fourth-order valence-electron chi connectivity index (χ4n) is 3.46. The van der Waals surface area contributed by atoms with E-state index < -0.39 is 18.0 Å². The third kappa shape index (κ3) is 5.03. The predicted molar refractivity (Wildman–Crippen MR) is 125 cm³/mol. The van der Waals surface area contributed by atoms with Gasteiger partial charge in [0.25, 0.3) is 0 Å². The number of hydrogen-bond acceptors (Lipinski definition) is 4. The molecule has 1 aliphatic heterocycles. The second-order valence-corrected chi connectivity index (χ2v) is 8.46. The van der Waals surface area contributed by atoms with Crippen LogP contribution in [-0.4, -0.2) is 37.2 Å². The quantitative estimate of drug-likeness (QED) is 0.519. The first kappa shape index (κ1) is 24.0. The van der Waals surface area contributed by atoms with Crippen LogP contribution in [0.4, 0.5) is 4.79 Å². The maximum atomic E-state index is 13.0. The average Bonchev–Trinajstić information content (AvgIpc) is 2.76. The number of halogens is 2. The standard InChI is InChI=1S/C24H26Cl2N2O4/c1-5-31-23(29)20-19(13-32-16-11-9-15(10-12-16)14(2)3)28(4)24(30)27-22(20)17-7-6-8-18(25)21(17)26/h6-12,14,22H,5,13H2,1-4H3,(H,27,30). The van der Waals surface area contributed by atoms with E-state index in [4.69, 9.17) is 32.7 Å². The van der Waals surface area contributed by atoms with Crippen LogP contribution in [-0.2, 0) is 9.53 Å². The van der Waals surface area contributed by atoms with Crippen LogP contribution < -0.4 is 10.1 Å². The lowest BCUT2D eigenvalue weighted by Gasteiger charge is -2.34. The summed E-state index contributed by atoms with van der Waals surface area (Å²) in [5, 5.41) is 3.40. The number of hydrogen-bond donors (Lipinski definition) is 1. The Kier molecular flexibility index (Phi) is 7.69. The first-order chi connectivity index (χ1) is 15.2. The second kappa shape index (κ2) is 10.3. The maximum Gasteiger partial charge on any atom is 0.338 e. The molecule has 0 saturated carbocycles. The summed E-state index contributed by atoms with van der Waals surface area (Å²) in [5.74, 6) is 0.467. The molecule has 2 aromatic rings. The molecule has 8 heteroatoms. The van der Waals surface area contributed by atoms with Gasteiger partial charge in [0, 0.05) is 7.05 Å². The number of likely N-dealkylation sites (N-methyl/N-ethyl adjacent to an activating group) is 1. The van der Waals surface area contributed by atoms with E-state index in [1.54, 1.807) is 32.2 Å². The van der Waals surface area contributed by atoms with Crippen molar-refractivity contribution in [1.29, 1.82) is 0 Å². The molecule has 0 radical (unpaired) electrons. The summed E-state index contributed by atoms with van der Waals surface area (Å²) < 4.78 is 11.3. The van der Waals surface area contributed by atoms with Crippen LogP contribution in [0.15, 0.2) is 53.7 Å². The number of carbonyl (C=O) groups is 2. The third-order valence-corrected chi connectivity index (χ3v) is 6.12. The highest BCUT2D eigenvalue weighted by Crippen LogP contribution is 2.37. The molecule has 170 valence electrons. The molecule has 3 rings (SSSR count). The highest BCUT2D eigenvalue weighted by molar-refractivity contribution is 6.42. The van der Waals surface area contributed by atoms with Crippen LogP contribution in [0.2, 0.25) is 10.0 Å². The van der Waals surface area contributed by atoms with E-state index in [0.29, 0.717) is 28.0 Å². The van der Waals surface area contributed by atoms with E-state index in [1.807, 2.05) is 24.3 Å². The van der Waals surface area contributed by atoms with Gasteiger partial charge >= 0.3 is 12.0 Å². The SMILES string of the molecule is CCOC(=O)C1=C(COc2ccc(C(C)C)cc2)N(C)C(=O)NC1c1cccc(Cl)c1Cl. The van der Waals surface area contributed by atoms with Gasteiger partial charge in [-0.3, -0.25) is 4.90 Å². The fraction of sp³-hybridized carbons (Fsp3) is 0.333. The predicted octanol–water partition coefficient (Wildman–Crippen LogP) is 5.71. The average molecular weight is 477 g/mol. The summed E-state index contributed by atoms with van der Waals surface area (Å²) in [6.45, 7) is 6.12. The zero-order valence-corrected chi connectivity index (χ0v) is 20.0. The minimum Gasteiger partial charge on any atom is -0.487 e. The minimum absolute atomic E-state index is 0.00617. The van der Waals surface area contributed by atoms with E-state index in [-0.39, 0.29) is 23.8 Å².